The fraction of sp³-hybridized carbons (Fsp3) is 0.292. The minimum absolute atomic E-state index is 0.00900. The number of carbonyl (C=O) groups excluding carboxylic acids is 1. The quantitative estimate of drug-likeness (QED) is 0.356. The molecule has 0 saturated carbocycles. The van der Waals surface area contributed by atoms with Crippen molar-refractivity contribution in [2.24, 2.45) is 0 Å². The smallest absolute Gasteiger partial charge is 0.369 e. The summed E-state index contributed by atoms with van der Waals surface area (Å²) in [5, 5.41) is 2.35. The summed E-state index contributed by atoms with van der Waals surface area (Å²) in [6.45, 7) is -0.375. The highest BCUT2D eigenvalue weighted by Gasteiger charge is 2.37. The van der Waals surface area contributed by atoms with Gasteiger partial charge >= 0.3 is 12.4 Å². The number of alkyl halides is 6. The molecule has 1 aliphatic rings. The lowest BCUT2D eigenvalue weighted by molar-refractivity contribution is -0.143. The molecule has 0 spiro atoms. The van der Waals surface area contributed by atoms with Gasteiger partial charge in [0.25, 0.3) is 5.91 Å². The van der Waals surface area contributed by atoms with Gasteiger partial charge in [0.1, 0.15) is 11.4 Å². The van der Waals surface area contributed by atoms with E-state index in [-0.39, 0.29) is 48.2 Å². The molecule has 0 bridgehead atoms. The number of hydrogen-bond acceptors (Lipinski definition) is 6. The molecule has 0 fully saturated rings. The Kier molecular flexibility index (Phi) is 7.12. The van der Waals surface area contributed by atoms with Crippen molar-refractivity contribution in [1.29, 1.82) is 0 Å². The van der Waals surface area contributed by atoms with E-state index in [2.05, 4.69) is 15.3 Å². The first-order valence-corrected chi connectivity index (χ1v) is 13.0. The van der Waals surface area contributed by atoms with Crippen molar-refractivity contribution in [1.82, 2.24) is 14.9 Å². The van der Waals surface area contributed by atoms with Crippen molar-refractivity contribution in [3.05, 3.63) is 70.8 Å². The molecule has 4 rings (SSSR count). The third-order valence-corrected chi connectivity index (χ3v) is 6.53. The van der Waals surface area contributed by atoms with E-state index >= 15 is 0 Å². The van der Waals surface area contributed by atoms with Gasteiger partial charge in [-0.05, 0) is 30.2 Å². The van der Waals surface area contributed by atoms with Gasteiger partial charge in [-0.15, -0.1) is 0 Å². The van der Waals surface area contributed by atoms with Crippen LogP contribution in [0.1, 0.15) is 33.5 Å². The summed E-state index contributed by atoms with van der Waals surface area (Å²) in [5.74, 6) is -0.883. The van der Waals surface area contributed by atoms with E-state index < -0.39 is 50.9 Å². The number of sulfone groups is 1. The monoisotopic (exact) mass is 558 g/mol. The number of anilines is 1. The average Bonchev–Trinajstić information content (AvgIpc) is 2.82. The summed E-state index contributed by atoms with van der Waals surface area (Å²) >= 11 is 0. The molecule has 0 aliphatic carbocycles. The predicted octanol–water partition coefficient (Wildman–Crippen LogP) is 5.04. The second kappa shape index (κ2) is 9.89. The number of halogens is 6. The molecule has 0 saturated heterocycles. The fourth-order valence-corrected chi connectivity index (χ4v) is 4.47. The number of nitrogens with zero attached hydrogens (tertiary/aromatic N) is 3. The van der Waals surface area contributed by atoms with E-state index in [0.29, 0.717) is 17.7 Å². The van der Waals surface area contributed by atoms with Gasteiger partial charge in [-0.1, -0.05) is 30.3 Å². The highest BCUT2D eigenvalue weighted by Crippen LogP contribution is 2.37. The fourth-order valence-electron chi connectivity index (χ4n) is 3.96. The molecule has 3 aromatic rings. The highest BCUT2D eigenvalue weighted by molar-refractivity contribution is 7.90. The van der Waals surface area contributed by atoms with Crippen LogP contribution in [0.3, 0.4) is 0 Å². The van der Waals surface area contributed by atoms with Crippen molar-refractivity contribution < 1.29 is 39.6 Å². The molecule has 202 valence electrons. The Balaban J connectivity index is 1.85. The van der Waals surface area contributed by atoms with Crippen LogP contribution in [0.4, 0.5) is 32.2 Å². The SMILES string of the molecule is CS(=O)(=O)c1nc2c(c(-c3ccccc3)n1)C(=O)N(Cc1cc(C(F)(F)F)cc(C(F)(F)F)c1)CCCN2. The van der Waals surface area contributed by atoms with Crippen molar-refractivity contribution in [3.63, 3.8) is 0 Å². The third kappa shape index (κ3) is 5.90. The van der Waals surface area contributed by atoms with Gasteiger partial charge in [0.05, 0.1) is 16.8 Å². The predicted molar refractivity (Wildman–Crippen MR) is 125 cm³/mol. The standard InChI is InChI=1S/C24H20F6N4O3S/c1-38(36,37)22-32-19(15-6-3-2-4-7-15)18-20(33-22)31-8-5-9-34(21(18)35)13-14-10-16(23(25,26)27)12-17(11-14)24(28,29)30/h2-4,6-7,10-12H,5,8-9,13H2,1H3,(H,31,32,33). The van der Waals surface area contributed by atoms with Crippen LogP contribution in [0.15, 0.2) is 53.7 Å². The largest absolute Gasteiger partial charge is 0.416 e. The van der Waals surface area contributed by atoms with Gasteiger partial charge in [-0.2, -0.15) is 26.3 Å². The number of fused-ring (bicyclic) bond motifs is 1. The number of nitrogens with one attached hydrogen (secondary N) is 1. The maximum atomic E-state index is 13.7. The Labute approximate surface area is 213 Å². The first kappa shape index (κ1) is 27.4. The van der Waals surface area contributed by atoms with E-state index in [1.54, 1.807) is 30.3 Å². The minimum Gasteiger partial charge on any atom is -0.369 e. The molecule has 7 nitrogen and oxygen atoms in total. The zero-order valence-electron chi connectivity index (χ0n) is 19.7. The number of amides is 1. The van der Waals surface area contributed by atoms with E-state index in [4.69, 9.17) is 0 Å². The van der Waals surface area contributed by atoms with E-state index in [0.717, 1.165) is 11.2 Å². The van der Waals surface area contributed by atoms with Gasteiger partial charge in [0.2, 0.25) is 15.0 Å². The number of hydrogen-bond donors (Lipinski definition) is 1. The maximum absolute atomic E-state index is 13.7. The maximum Gasteiger partial charge on any atom is 0.416 e. The molecule has 38 heavy (non-hydrogen) atoms. The molecular formula is C24H20F6N4O3S. The molecule has 2 heterocycles. The Morgan fingerprint density at radius 1 is 0.947 bits per heavy atom. The number of aromatic nitrogens is 2. The minimum atomic E-state index is -5.04. The van der Waals surface area contributed by atoms with Crippen LogP contribution >= 0.6 is 0 Å². The highest BCUT2D eigenvalue weighted by atomic mass is 32.2. The lowest BCUT2D eigenvalue weighted by atomic mass is 10.0. The summed E-state index contributed by atoms with van der Waals surface area (Å²) in [6, 6.07) is 9.26. The molecule has 1 N–H and O–H groups in total. The molecule has 1 aromatic heterocycles. The zero-order chi connectivity index (χ0) is 27.9. The van der Waals surface area contributed by atoms with Gasteiger partial charge in [-0.25, -0.2) is 18.4 Å². The average molecular weight is 559 g/mol. The topological polar surface area (TPSA) is 92.3 Å². The lowest BCUT2D eigenvalue weighted by Crippen LogP contribution is -2.36. The van der Waals surface area contributed by atoms with Crippen molar-refractivity contribution >= 4 is 21.6 Å². The van der Waals surface area contributed by atoms with Gasteiger partial charge in [0.15, 0.2) is 0 Å². The van der Waals surface area contributed by atoms with Crippen molar-refractivity contribution in [2.45, 2.75) is 30.5 Å². The molecule has 2 aromatic carbocycles. The molecule has 0 unspecified atom stereocenters. The molecule has 0 atom stereocenters. The van der Waals surface area contributed by atoms with Crippen LogP contribution in [0.25, 0.3) is 11.3 Å². The number of rotatable bonds is 4. The van der Waals surface area contributed by atoms with Crippen LogP contribution in [-0.2, 0) is 28.7 Å². The summed E-state index contributed by atoms with van der Waals surface area (Å²) in [7, 11) is -3.91. The summed E-state index contributed by atoms with van der Waals surface area (Å²) < 4.78 is 105. The second-order valence-electron chi connectivity index (χ2n) is 8.64. The molecule has 1 amide bonds. The van der Waals surface area contributed by atoms with Crippen LogP contribution in [0, 0.1) is 0 Å². The first-order chi connectivity index (χ1) is 17.6. The molecular weight excluding hydrogens is 538 g/mol. The van der Waals surface area contributed by atoms with E-state index in [1.807, 2.05) is 0 Å². The van der Waals surface area contributed by atoms with E-state index in [9.17, 15) is 39.6 Å². The Bertz CT molecular complexity index is 1440. The number of benzene rings is 2. The van der Waals surface area contributed by atoms with Crippen LogP contribution in [0.2, 0.25) is 0 Å². The second-order valence-corrected chi connectivity index (χ2v) is 10.5. The van der Waals surface area contributed by atoms with Crippen molar-refractivity contribution in [2.75, 3.05) is 24.7 Å². The number of carbonyl (C=O) groups is 1. The normalized spacial score (nSPS) is 14.9. The van der Waals surface area contributed by atoms with Crippen LogP contribution in [0.5, 0.6) is 0 Å². The summed E-state index contributed by atoms with van der Waals surface area (Å²) in [4.78, 5) is 22.9. The summed E-state index contributed by atoms with van der Waals surface area (Å²) in [6.07, 6.45) is -8.92. The first-order valence-electron chi connectivity index (χ1n) is 11.1. The van der Waals surface area contributed by atoms with Gasteiger partial charge < -0.3 is 10.2 Å². The van der Waals surface area contributed by atoms with Crippen LogP contribution < -0.4 is 5.32 Å². The molecule has 0 radical (unpaired) electrons. The molecule has 1 aliphatic heterocycles. The Hall–Kier alpha value is -3.68. The lowest BCUT2D eigenvalue weighted by Gasteiger charge is -2.28. The van der Waals surface area contributed by atoms with Gasteiger partial charge in [-0.3, -0.25) is 4.79 Å². The van der Waals surface area contributed by atoms with Gasteiger partial charge in [0, 0.05) is 31.5 Å². The van der Waals surface area contributed by atoms with Crippen molar-refractivity contribution in [3.8, 4) is 11.3 Å². The zero-order valence-corrected chi connectivity index (χ0v) is 20.5. The summed E-state index contributed by atoms with van der Waals surface area (Å²) in [5.41, 5.74) is -3.17. The van der Waals surface area contributed by atoms with E-state index in [1.165, 1.54) is 0 Å². The third-order valence-electron chi connectivity index (χ3n) is 5.69. The Morgan fingerprint density at radius 2 is 1.55 bits per heavy atom. The molecule has 14 heteroatoms. The Morgan fingerprint density at radius 3 is 2.11 bits per heavy atom. The van der Waals surface area contributed by atoms with Crippen LogP contribution in [-0.4, -0.2) is 48.5 Å².